The lowest BCUT2D eigenvalue weighted by Gasteiger charge is -2.52. The molecule has 5 nitrogen and oxygen atoms in total. The van der Waals surface area contributed by atoms with Crippen molar-refractivity contribution in [2.75, 3.05) is 11.5 Å². The predicted molar refractivity (Wildman–Crippen MR) is 89.9 cm³/mol. The lowest BCUT2D eigenvalue weighted by molar-refractivity contribution is -0.148. The molecule has 6 heteroatoms. The highest BCUT2D eigenvalue weighted by molar-refractivity contribution is 14.1. The van der Waals surface area contributed by atoms with Crippen molar-refractivity contribution in [3.63, 3.8) is 0 Å². The van der Waals surface area contributed by atoms with E-state index in [1.165, 1.54) is 7.11 Å². The van der Waals surface area contributed by atoms with E-state index in [1.807, 2.05) is 4.90 Å². The van der Waals surface area contributed by atoms with Crippen molar-refractivity contribution in [1.82, 2.24) is 4.90 Å². The van der Waals surface area contributed by atoms with Crippen LogP contribution in [0.15, 0.2) is 0 Å². The molecule has 0 unspecified atom stereocenters. The van der Waals surface area contributed by atoms with Gasteiger partial charge in [-0.2, -0.15) is 0 Å². The number of amides is 1. The van der Waals surface area contributed by atoms with Gasteiger partial charge in [0.1, 0.15) is 6.10 Å². The highest BCUT2D eigenvalue weighted by Gasteiger charge is 2.65. The first kappa shape index (κ1) is 16.3. The van der Waals surface area contributed by atoms with Crippen molar-refractivity contribution in [1.29, 1.82) is 0 Å². The molecule has 0 spiro atoms. The van der Waals surface area contributed by atoms with Gasteiger partial charge in [0.2, 0.25) is 0 Å². The molecule has 5 atom stereocenters. The number of esters is 1. The zero-order valence-corrected chi connectivity index (χ0v) is 15.4. The van der Waals surface area contributed by atoms with Gasteiger partial charge < -0.3 is 9.47 Å². The van der Waals surface area contributed by atoms with Crippen molar-refractivity contribution >= 4 is 34.7 Å². The Balaban J connectivity index is 2.01. The van der Waals surface area contributed by atoms with E-state index in [4.69, 9.17) is 9.47 Å². The molecule has 0 N–H and O–H groups in total. The summed E-state index contributed by atoms with van der Waals surface area (Å²) in [5.74, 6) is 0.255. The summed E-state index contributed by atoms with van der Waals surface area (Å²) in [5, 5.41) is 0. The van der Waals surface area contributed by atoms with Gasteiger partial charge in [-0.25, -0.2) is 4.79 Å². The second-order valence-electron chi connectivity index (χ2n) is 6.74. The lowest BCUT2D eigenvalue weighted by atomic mass is 9.71. The molecule has 1 amide bonds. The number of methoxy groups -OCH3 is 1. The minimum absolute atomic E-state index is 0.0188. The van der Waals surface area contributed by atoms with Crippen molar-refractivity contribution in [3.8, 4) is 0 Å². The van der Waals surface area contributed by atoms with Gasteiger partial charge in [0.15, 0.2) is 0 Å². The van der Waals surface area contributed by atoms with Crippen molar-refractivity contribution in [2.45, 2.75) is 63.1 Å². The summed E-state index contributed by atoms with van der Waals surface area (Å²) in [4.78, 5) is 26.4. The normalized spacial score (nSPS) is 39.6. The third kappa shape index (κ3) is 2.24. The van der Waals surface area contributed by atoms with Crippen LogP contribution in [0.25, 0.3) is 0 Å². The summed E-state index contributed by atoms with van der Waals surface area (Å²) in [6.45, 7) is 2.17. The highest BCUT2D eigenvalue weighted by atomic mass is 127. The third-order valence-electron chi connectivity index (χ3n) is 5.86. The molecule has 3 aliphatic heterocycles. The maximum absolute atomic E-state index is 12.5. The highest BCUT2D eigenvalue weighted by Crippen LogP contribution is 2.56. The summed E-state index contributed by atoms with van der Waals surface area (Å²) in [7, 11) is 1.46. The molecule has 0 aromatic heterocycles. The second kappa shape index (κ2) is 6.17. The van der Waals surface area contributed by atoms with Crippen LogP contribution in [0.5, 0.6) is 0 Å². The Bertz CT molecular complexity index is 471. The summed E-state index contributed by atoms with van der Waals surface area (Å²) in [6, 6.07) is 0.0972. The standard InChI is InChI=1S/C16H24INO4/c1-3-4-6-16-7-5-12(18(16)15(20)21-2)10-8-13(19)22-14(10)11(16)9-17/h10-12,14H,3-9H2,1-2H3/t10-,11-,12-,14-,16-/m1/s1. The van der Waals surface area contributed by atoms with Crippen molar-refractivity contribution in [3.05, 3.63) is 0 Å². The minimum atomic E-state index is -0.230. The molecule has 3 saturated heterocycles. The number of alkyl halides is 1. The molecule has 0 saturated carbocycles. The summed E-state index contributed by atoms with van der Waals surface area (Å²) in [5.41, 5.74) is -0.194. The molecule has 124 valence electrons. The number of nitrogens with zero attached hydrogens (tertiary/aromatic N) is 1. The molecule has 0 radical (unpaired) electrons. The van der Waals surface area contributed by atoms with Crippen molar-refractivity contribution < 1.29 is 19.1 Å². The zero-order chi connectivity index (χ0) is 15.9. The number of unbranched alkanes of at least 4 members (excludes halogenated alkanes) is 1. The van der Waals surface area contributed by atoms with Gasteiger partial charge in [0.25, 0.3) is 0 Å². The topological polar surface area (TPSA) is 55.8 Å². The Morgan fingerprint density at radius 2 is 2.32 bits per heavy atom. The van der Waals surface area contributed by atoms with Crippen LogP contribution in [0.4, 0.5) is 4.79 Å². The van der Waals surface area contributed by atoms with E-state index in [9.17, 15) is 9.59 Å². The van der Waals surface area contributed by atoms with Gasteiger partial charge in [0.05, 0.1) is 19.1 Å². The third-order valence-corrected chi connectivity index (χ3v) is 6.81. The van der Waals surface area contributed by atoms with Gasteiger partial charge in [-0.05, 0) is 19.3 Å². The summed E-state index contributed by atoms with van der Waals surface area (Å²) >= 11 is 2.38. The fraction of sp³-hybridized carbons (Fsp3) is 0.875. The monoisotopic (exact) mass is 421 g/mol. The maximum atomic E-state index is 12.5. The SMILES string of the molecule is CCCC[C@@]12CC[C@H]([C@H]3CC(=O)O[C@H]3[C@H]1CI)N2C(=O)OC. The zero-order valence-electron chi connectivity index (χ0n) is 13.2. The Labute approximate surface area is 145 Å². The number of piperidine rings is 1. The van der Waals surface area contributed by atoms with Crippen LogP contribution in [0, 0.1) is 11.8 Å². The molecule has 2 bridgehead atoms. The van der Waals surface area contributed by atoms with Gasteiger partial charge in [-0.1, -0.05) is 42.4 Å². The lowest BCUT2D eigenvalue weighted by Crippen LogP contribution is -2.65. The summed E-state index contributed by atoms with van der Waals surface area (Å²) < 4.78 is 11.7. The van der Waals surface area contributed by atoms with Crippen LogP contribution in [-0.4, -0.2) is 46.2 Å². The molecule has 3 rings (SSSR count). The Hall–Kier alpha value is -0.530. The molecular formula is C16H24INO4. The molecule has 0 aromatic rings. The fourth-order valence-electron chi connectivity index (χ4n) is 4.95. The molecule has 0 aromatic carbocycles. The Kier molecular flexibility index (Phi) is 4.58. The van der Waals surface area contributed by atoms with Crippen LogP contribution in [-0.2, 0) is 14.3 Å². The van der Waals surface area contributed by atoms with Crippen LogP contribution in [0.3, 0.4) is 0 Å². The first-order valence-electron chi connectivity index (χ1n) is 8.21. The fourth-order valence-corrected chi connectivity index (χ4v) is 6.27. The number of ether oxygens (including phenoxy) is 2. The van der Waals surface area contributed by atoms with Gasteiger partial charge >= 0.3 is 12.1 Å². The van der Waals surface area contributed by atoms with E-state index in [-0.39, 0.29) is 41.6 Å². The van der Waals surface area contributed by atoms with E-state index in [0.717, 1.165) is 36.5 Å². The van der Waals surface area contributed by atoms with Crippen LogP contribution in [0.1, 0.15) is 45.4 Å². The number of carbonyl (C=O) groups is 2. The number of hydrogen-bond acceptors (Lipinski definition) is 4. The van der Waals surface area contributed by atoms with E-state index < -0.39 is 0 Å². The number of rotatable bonds is 4. The minimum Gasteiger partial charge on any atom is -0.462 e. The van der Waals surface area contributed by atoms with Crippen LogP contribution < -0.4 is 0 Å². The molecule has 0 aliphatic carbocycles. The quantitative estimate of drug-likeness (QED) is 0.398. The van der Waals surface area contributed by atoms with E-state index >= 15 is 0 Å². The van der Waals surface area contributed by atoms with Gasteiger partial charge in [-0.15, -0.1) is 0 Å². The Morgan fingerprint density at radius 3 is 2.95 bits per heavy atom. The number of carbonyl (C=O) groups excluding carboxylic acids is 2. The smallest absolute Gasteiger partial charge is 0.410 e. The molecule has 3 aliphatic rings. The van der Waals surface area contributed by atoms with E-state index in [2.05, 4.69) is 29.5 Å². The van der Waals surface area contributed by atoms with Crippen LogP contribution in [0.2, 0.25) is 0 Å². The van der Waals surface area contributed by atoms with Crippen LogP contribution >= 0.6 is 22.6 Å². The molecule has 3 heterocycles. The number of hydrogen-bond donors (Lipinski definition) is 0. The van der Waals surface area contributed by atoms with Gasteiger partial charge in [0, 0.05) is 22.3 Å². The van der Waals surface area contributed by atoms with Gasteiger partial charge in [-0.3, -0.25) is 9.69 Å². The predicted octanol–water partition coefficient (Wildman–Crippen LogP) is 3.14. The molecule has 22 heavy (non-hydrogen) atoms. The first-order chi connectivity index (χ1) is 10.6. The average Bonchev–Trinajstić information content (AvgIpc) is 3.04. The van der Waals surface area contributed by atoms with E-state index in [1.54, 1.807) is 0 Å². The number of fused-ring (bicyclic) bond motifs is 4. The first-order valence-corrected chi connectivity index (χ1v) is 9.74. The molecular weight excluding hydrogens is 397 g/mol. The van der Waals surface area contributed by atoms with Crippen molar-refractivity contribution in [2.24, 2.45) is 11.8 Å². The second-order valence-corrected chi connectivity index (χ2v) is 7.62. The average molecular weight is 421 g/mol. The Morgan fingerprint density at radius 1 is 1.55 bits per heavy atom. The molecule has 3 fully saturated rings. The van der Waals surface area contributed by atoms with E-state index in [0.29, 0.717) is 6.42 Å². The summed E-state index contributed by atoms with van der Waals surface area (Å²) in [6.07, 6.45) is 5.32. The maximum Gasteiger partial charge on any atom is 0.410 e. The number of halogens is 1. The largest absolute Gasteiger partial charge is 0.462 e.